The zero-order valence-corrected chi connectivity index (χ0v) is 13.6. The van der Waals surface area contributed by atoms with Crippen LogP contribution in [0.5, 0.6) is 0 Å². The lowest BCUT2D eigenvalue weighted by Crippen LogP contribution is -2.57. The van der Waals surface area contributed by atoms with Crippen LogP contribution in [0.25, 0.3) is 0 Å². The van der Waals surface area contributed by atoms with E-state index in [0.717, 1.165) is 12.8 Å². The van der Waals surface area contributed by atoms with E-state index in [2.05, 4.69) is 25.4 Å². The second-order valence-electron chi connectivity index (χ2n) is 5.54. The number of amides is 2. The van der Waals surface area contributed by atoms with Gasteiger partial charge in [-0.15, -0.1) is 0 Å². The van der Waals surface area contributed by atoms with Crippen molar-refractivity contribution in [1.82, 2.24) is 10.2 Å². The summed E-state index contributed by atoms with van der Waals surface area (Å²) in [5.41, 5.74) is 0. The summed E-state index contributed by atoms with van der Waals surface area (Å²) in [6, 6.07) is -0.0702. The predicted octanol–water partition coefficient (Wildman–Crippen LogP) is 2.27. The second-order valence-corrected chi connectivity index (χ2v) is 6.82. The smallest absolute Gasteiger partial charge is 0.317 e. The molecule has 1 aliphatic rings. The monoisotopic (exact) mass is 302 g/mol. The molecule has 2 amide bonds. The first-order valence-corrected chi connectivity index (χ1v) is 8.42. The van der Waals surface area contributed by atoms with Crippen molar-refractivity contribution in [3.63, 3.8) is 0 Å². The highest BCUT2D eigenvalue weighted by Crippen LogP contribution is 2.30. The maximum atomic E-state index is 12.0. The normalized spacial score (nSPS) is 17.5. The van der Waals surface area contributed by atoms with Gasteiger partial charge in [0.1, 0.15) is 0 Å². The Bertz CT molecular complexity index is 344. The Morgan fingerprint density at radius 1 is 1.40 bits per heavy atom. The third kappa shape index (κ3) is 3.81. The summed E-state index contributed by atoms with van der Waals surface area (Å²) in [7, 11) is 0. The molecule has 0 aliphatic carbocycles. The van der Waals surface area contributed by atoms with Crippen LogP contribution in [0.4, 0.5) is 4.79 Å². The summed E-state index contributed by atoms with van der Waals surface area (Å²) in [6.07, 6.45) is 4.11. The van der Waals surface area contributed by atoms with Crippen molar-refractivity contribution in [2.75, 3.05) is 25.9 Å². The first-order chi connectivity index (χ1) is 9.39. The Hall–Kier alpha value is -0.910. The Morgan fingerprint density at radius 2 is 1.95 bits per heavy atom. The summed E-state index contributed by atoms with van der Waals surface area (Å²) in [4.78, 5) is 24.6. The van der Waals surface area contributed by atoms with Gasteiger partial charge in [0.2, 0.25) is 0 Å². The van der Waals surface area contributed by atoms with E-state index in [0.29, 0.717) is 19.6 Å². The van der Waals surface area contributed by atoms with Crippen LogP contribution in [0.3, 0.4) is 0 Å². The molecule has 1 fully saturated rings. The Morgan fingerprint density at radius 3 is 2.35 bits per heavy atom. The molecule has 0 saturated carbocycles. The summed E-state index contributed by atoms with van der Waals surface area (Å²) in [5.74, 6) is -1.08. The molecule has 0 aromatic rings. The molecule has 1 rings (SSSR count). The molecule has 0 spiro atoms. The highest BCUT2D eigenvalue weighted by atomic mass is 32.2. The van der Waals surface area contributed by atoms with E-state index in [9.17, 15) is 9.59 Å². The molecule has 0 aromatic carbocycles. The number of likely N-dealkylation sites (tertiary alicyclic amines) is 1. The molecular formula is C14H26N2O3S. The summed E-state index contributed by atoms with van der Waals surface area (Å²) >= 11 is 1.80. The van der Waals surface area contributed by atoms with Gasteiger partial charge in [-0.2, -0.15) is 11.8 Å². The minimum Gasteiger partial charge on any atom is -0.481 e. The first-order valence-electron chi connectivity index (χ1n) is 7.19. The zero-order valence-electron chi connectivity index (χ0n) is 12.8. The molecule has 0 radical (unpaired) electrons. The lowest BCUT2D eigenvalue weighted by atomic mass is 9.87. The lowest BCUT2D eigenvalue weighted by Gasteiger charge is -2.41. The van der Waals surface area contributed by atoms with Crippen LogP contribution in [0.2, 0.25) is 0 Å². The van der Waals surface area contributed by atoms with Crippen molar-refractivity contribution in [2.45, 2.75) is 38.4 Å². The number of carboxylic acids is 1. The number of aliphatic carboxylic acids is 1. The average Bonchev–Trinajstić information content (AvgIpc) is 2.39. The van der Waals surface area contributed by atoms with Crippen LogP contribution in [0, 0.1) is 11.8 Å². The second kappa shape index (κ2) is 7.20. The molecule has 1 saturated heterocycles. The van der Waals surface area contributed by atoms with Gasteiger partial charge in [0.05, 0.1) is 5.92 Å². The maximum Gasteiger partial charge on any atom is 0.317 e. The maximum absolute atomic E-state index is 12.0. The molecule has 116 valence electrons. The van der Waals surface area contributed by atoms with Gasteiger partial charge in [-0.1, -0.05) is 20.8 Å². The first kappa shape index (κ1) is 17.1. The van der Waals surface area contributed by atoms with Crippen LogP contribution in [-0.4, -0.2) is 52.6 Å². The van der Waals surface area contributed by atoms with E-state index >= 15 is 0 Å². The quantitative estimate of drug-likeness (QED) is 0.757. The number of hydrogen-bond donors (Lipinski definition) is 2. The minimum atomic E-state index is -0.784. The van der Waals surface area contributed by atoms with E-state index < -0.39 is 5.97 Å². The zero-order chi connectivity index (χ0) is 15.3. The molecule has 6 heteroatoms. The highest BCUT2D eigenvalue weighted by molar-refractivity contribution is 8.00. The fraction of sp³-hybridized carbons (Fsp3) is 0.857. The number of carbonyl (C=O) groups excluding carboxylic acids is 1. The third-order valence-electron chi connectivity index (χ3n) is 4.58. The van der Waals surface area contributed by atoms with E-state index in [-0.39, 0.29) is 22.6 Å². The SMILES string of the molecule is CCC(CC)(CNC(=O)N1CC(C(C)C(=O)O)C1)SC. The number of urea groups is 1. The van der Waals surface area contributed by atoms with E-state index in [4.69, 9.17) is 5.11 Å². The number of nitrogens with zero attached hydrogens (tertiary/aromatic N) is 1. The van der Waals surface area contributed by atoms with Crippen LogP contribution in [-0.2, 0) is 4.79 Å². The summed E-state index contributed by atoms with van der Waals surface area (Å²) in [6.45, 7) is 7.74. The highest BCUT2D eigenvalue weighted by Gasteiger charge is 2.37. The fourth-order valence-electron chi connectivity index (χ4n) is 2.41. The molecule has 0 aromatic heterocycles. The van der Waals surface area contributed by atoms with Crippen molar-refractivity contribution in [1.29, 1.82) is 0 Å². The molecule has 1 unspecified atom stereocenters. The van der Waals surface area contributed by atoms with Gasteiger partial charge in [-0.05, 0) is 19.1 Å². The van der Waals surface area contributed by atoms with Gasteiger partial charge in [0, 0.05) is 30.3 Å². The van der Waals surface area contributed by atoms with Gasteiger partial charge in [0.25, 0.3) is 0 Å². The van der Waals surface area contributed by atoms with Gasteiger partial charge >= 0.3 is 12.0 Å². The largest absolute Gasteiger partial charge is 0.481 e. The Labute approximate surface area is 125 Å². The standard InChI is InChI=1S/C14H26N2O3S/c1-5-14(6-2,20-4)9-15-13(19)16-7-11(8-16)10(3)12(17)18/h10-11H,5-9H2,1-4H3,(H,15,19)(H,17,18). The Balaban J connectivity index is 2.38. The fourth-order valence-corrected chi connectivity index (χ4v) is 3.20. The van der Waals surface area contributed by atoms with Gasteiger partial charge < -0.3 is 15.3 Å². The van der Waals surface area contributed by atoms with Crippen molar-refractivity contribution in [2.24, 2.45) is 11.8 Å². The van der Waals surface area contributed by atoms with Gasteiger partial charge in [0.15, 0.2) is 0 Å². The summed E-state index contributed by atoms with van der Waals surface area (Å²) < 4.78 is 0.105. The molecule has 5 nitrogen and oxygen atoms in total. The lowest BCUT2D eigenvalue weighted by molar-refractivity contribution is -0.144. The predicted molar refractivity (Wildman–Crippen MR) is 82.1 cm³/mol. The van der Waals surface area contributed by atoms with Crippen LogP contribution in [0.1, 0.15) is 33.6 Å². The number of carboxylic acid groups (broad SMARTS) is 1. The molecule has 1 atom stereocenters. The van der Waals surface area contributed by atoms with E-state index in [1.807, 2.05) is 0 Å². The third-order valence-corrected chi connectivity index (χ3v) is 6.16. The molecule has 0 bridgehead atoms. The molecular weight excluding hydrogens is 276 g/mol. The average molecular weight is 302 g/mol. The van der Waals surface area contributed by atoms with Gasteiger partial charge in [-0.3, -0.25) is 4.79 Å². The van der Waals surface area contributed by atoms with Crippen LogP contribution < -0.4 is 5.32 Å². The number of thioether (sulfide) groups is 1. The number of nitrogens with one attached hydrogen (secondary N) is 1. The van der Waals surface area contributed by atoms with Crippen LogP contribution in [0.15, 0.2) is 0 Å². The molecule has 2 N–H and O–H groups in total. The minimum absolute atomic E-state index is 0.0702. The summed E-state index contributed by atoms with van der Waals surface area (Å²) in [5, 5.41) is 11.9. The van der Waals surface area contributed by atoms with Gasteiger partial charge in [-0.25, -0.2) is 4.79 Å². The van der Waals surface area contributed by atoms with Crippen molar-refractivity contribution in [3.05, 3.63) is 0 Å². The van der Waals surface area contributed by atoms with Crippen molar-refractivity contribution < 1.29 is 14.7 Å². The van der Waals surface area contributed by atoms with Crippen molar-refractivity contribution >= 4 is 23.8 Å². The Kier molecular flexibility index (Phi) is 6.17. The van der Waals surface area contributed by atoms with Crippen molar-refractivity contribution in [3.8, 4) is 0 Å². The van der Waals surface area contributed by atoms with E-state index in [1.54, 1.807) is 23.6 Å². The topological polar surface area (TPSA) is 69.6 Å². The number of hydrogen-bond acceptors (Lipinski definition) is 3. The van der Waals surface area contributed by atoms with E-state index in [1.165, 1.54) is 0 Å². The number of rotatable bonds is 7. The molecule has 1 heterocycles. The molecule has 20 heavy (non-hydrogen) atoms. The number of carbonyl (C=O) groups is 2. The molecule has 1 aliphatic heterocycles. The van der Waals surface area contributed by atoms with Crippen LogP contribution >= 0.6 is 11.8 Å².